The molecule has 0 aromatic rings. The van der Waals surface area contributed by atoms with Crippen molar-refractivity contribution in [3.05, 3.63) is 0 Å². The Morgan fingerprint density at radius 2 is 1.77 bits per heavy atom. The van der Waals surface area contributed by atoms with Crippen LogP contribution in [0.15, 0.2) is 0 Å². The van der Waals surface area contributed by atoms with Crippen LogP contribution in [-0.2, 0) is 19.1 Å². The number of carboxylic acids is 1. The van der Waals surface area contributed by atoms with E-state index in [1.54, 1.807) is 27.7 Å². The number of aliphatic carboxylic acids is 1. The molecule has 1 N–H and O–H groups in total. The molecule has 0 amide bonds. The zero-order valence-electron chi connectivity index (χ0n) is 17.5. The van der Waals surface area contributed by atoms with Crippen molar-refractivity contribution in [3.8, 4) is 0 Å². The Morgan fingerprint density at radius 1 is 1.19 bits per heavy atom. The van der Waals surface area contributed by atoms with Crippen LogP contribution in [0.5, 0.6) is 0 Å². The predicted molar refractivity (Wildman–Crippen MR) is 101 cm³/mol. The fourth-order valence-electron chi connectivity index (χ4n) is 4.12. The summed E-state index contributed by atoms with van der Waals surface area (Å²) in [6.45, 7) is 12.7. The minimum Gasteiger partial charge on any atom is -0.481 e. The Kier molecular flexibility index (Phi) is 7.05. The fraction of sp³-hybridized carbons (Fsp3) is 0.857. The second-order valence-corrected chi connectivity index (χ2v) is 9.02. The molecule has 26 heavy (non-hydrogen) atoms. The van der Waals surface area contributed by atoms with Crippen LogP contribution in [0.25, 0.3) is 0 Å². The van der Waals surface area contributed by atoms with E-state index in [-0.39, 0.29) is 18.1 Å². The Morgan fingerprint density at radius 3 is 2.19 bits per heavy atom. The molecular weight excluding hydrogens is 332 g/mol. The van der Waals surface area contributed by atoms with Crippen molar-refractivity contribution in [1.82, 2.24) is 0 Å². The first-order valence-electron chi connectivity index (χ1n) is 9.86. The van der Waals surface area contributed by atoms with Crippen molar-refractivity contribution in [3.63, 3.8) is 0 Å². The molecule has 1 saturated carbocycles. The van der Waals surface area contributed by atoms with Gasteiger partial charge >= 0.3 is 11.9 Å². The van der Waals surface area contributed by atoms with Crippen LogP contribution >= 0.6 is 0 Å². The summed E-state index contributed by atoms with van der Waals surface area (Å²) >= 11 is 0. The van der Waals surface area contributed by atoms with Crippen molar-refractivity contribution >= 4 is 17.7 Å². The fourth-order valence-corrected chi connectivity index (χ4v) is 4.12. The van der Waals surface area contributed by atoms with Gasteiger partial charge in [0.15, 0.2) is 11.4 Å². The Balaban J connectivity index is 3.07. The normalized spacial score (nSPS) is 29.1. The minimum absolute atomic E-state index is 0.00578. The average molecular weight is 369 g/mol. The molecule has 150 valence electrons. The van der Waals surface area contributed by atoms with Crippen LogP contribution in [0.3, 0.4) is 0 Å². The van der Waals surface area contributed by atoms with Gasteiger partial charge in [-0.15, -0.1) is 0 Å². The van der Waals surface area contributed by atoms with Crippen LogP contribution < -0.4 is 0 Å². The highest BCUT2D eigenvalue weighted by molar-refractivity contribution is 5.91. The van der Waals surface area contributed by atoms with Gasteiger partial charge in [-0.3, -0.25) is 14.4 Å². The van der Waals surface area contributed by atoms with E-state index >= 15 is 0 Å². The van der Waals surface area contributed by atoms with E-state index in [9.17, 15) is 19.5 Å². The lowest BCUT2D eigenvalue weighted by atomic mass is 9.68. The molecule has 0 spiro atoms. The van der Waals surface area contributed by atoms with Gasteiger partial charge in [0.2, 0.25) is 0 Å². The highest BCUT2D eigenvalue weighted by Gasteiger charge is 2.51. The first-order chi connectivity index (χ1) is 11.9. The van der Waals surface area contributed by atoms with Crippen molar-refractivity contribution in [2.75, 3.05) is 0 Å². The van der Waals surface area contributed by atoms with Gasteiger partial charge in [0.05, 0.1) is 10.8 Å². The van der Waals surface area contributed by atoms with Crippen molar-refractivity contribution in [2.45, 2.75) is 92.6 Å². The molecule has 4 atom stereocenters. The molecule has 0 heterocycles. The maximum absolute atomic E-state index is 13.1. The standard InChI is InChI=1S/C21H36O5/c1-8-14-11-15(9-2)21(7,16(22)12-14)26-18(25)20(6,10-3)13-19(4,5)17(23)24/h14-15H,8-13H2,1-7H3,(H,23,24). The molecule has 0 aliphatic heterocycles. The number of rotatable bonds is 8. The summed E-state index contributed by atoms with van der Waals surface area (Å²) in [5.41, 5.74) is -3.09. The van der Waals surface area contributed by atoms with E-state index in [0.29, 0.717) is 18.8 Å². The molecule has 1 aliphatic rings. The lowest BCUT2D eigenvalue weighted by Gasteiger charge is -2.44. The summed E-state index contributed by atoms with van der Waals surface area (Å²) in [5.74, 6) is -1.05. The summed E-state index contributed by atoms with van der Waals surface area (Å²) < 4.78 is 5.89. The summed E-state index contributed by atoms with van der Waals surface area (Å²) in [7, 11) is 0. The lowest BCUT2D eigenvalue weighted by molar-refractivity contribution is -0.187. The molecule has 5 nitrogen and oxygen atoms in total. The smallest absolute Gasteiger partial charge is 0.312 e. The molecule has 0 aromatic carbocycles. The zero-order chi connectivity index (χ0) is 20.3. The quantitative estimate of drug-likeness (QED) is 0.632. The highest BCUT2D eigenvalue weighted by Crippen LogP contribution is 2.44. The largest absolute Gasteiger partial charge is 0.481 e. The van der Waals surface area contributed by atoms with Crippen molar-refractivity contribution < 1.29 is 24.2 Å². The van der Waals surface area contributed by atoms with E-state index < -0.39 is 28.4 Å². The molecule has 0 bridgehead atoms. The number of ketones is 1. The average Bonchev–Trinajstić information content (AvgIpc) is 2.56. The van der Waals surface area contributed by atoms with Gasteiger partial charge in [-0.2, -0.15) is 0 Å². The number of carbonyl (C=O) groups is 3. The summed E-state index contributed by atoms with van der Waals surface area (Å²) in [6.07, 6.45) is 3.68. The van der Waals surface area contributed by atoms with E-state index in [2.05, 4.69) is 6.92 Å². The van der Waals surface area contributed by atoms with Gasteiger partial charge < -0.3 is 9.84 Å². The number of Topliss-reactive ketones (excluding diaryl/α,β-unsaturated/α-hetero) is 1. The summed E-state index contributed by atoms with van der Waals surface area (Å²) in [4.78, 5) is 37.4. The van der Waals surface area contributed by atoms with Crippen LogP contribution in [0.4, 0.5) is 0 Å². The number of ether oxygens (including phenoxy) is 1. The third-order valence-corrected chi connectivity index (χ3v) is 6.48. The molecule has 0 saturated heterocycles. The predicted octanol–water partition coefficient (Wildman–Crippen LogP) is 4.62. The number of hydrogen-bond acceptors (Lipinski definition) is 4. The Hall–Kier alpha value is -1.39. The van der Waals surface area contributed by atoms with E-state index in [1.807, 2.05) is 13.8 Å². The third-order valence-electron chi connectivity index (χ3n) is 6.48. The number of carbonyl (C=O) groups excluding carboxylic acids is 2. The SMILES string of the molecule is CCC1CC(=O)C(C)(OC(=O)C(C)(CC)CC(C)(C)C(=O)O)C(CC)C1. The lowest BCUT2D eigenvalue weighted by Crippen LogP contribution is -2.53. The van der Waals surface area contributed by atoms with Crippen LogP contribution in [0, 0.1) is 22.7 Å². The Bertz CT molecular complexity index is 553. The van der Waals surface area contributed by atoms with Gasteiger partial charge in [0.1, 0.15) is 0 Å². The monoisotopic (exact) mass is 368 g/mol. The Labute approximate surface area is 157 Å². The zero-order valence-corrected chi connectivity index (χ0v) is 17.5. The first-order valence-corrected chi connectivity index (χ1v) is 9.86. The second kappa shape index (κ2) is 8.10. The van der Waals surface area contributed by atoms with Crippen molar-refractivity contribution in [2.24, 2.45) is 22.7 Å². The third kappa shape index (κ3) is 4.47. The summed E-state index contributed by atoms with van der Waals surface area (Å²) in [6, 6.07) is 0. The maximum atomic E-state index is 13.1. The first kappa shape index (κ1) is 22.7. The molecule has 1 aliphatic carbocycles. The van der Waals surface area contributed by atoms with Crippen LogP contribution in [-0.4, -0.2) is 28.4 Å². The molecule has 0 aromatic heterocycles. The highest BCUT2D eigenvalue weighted by atomic mass is 16.6. The van der Waals surface area contributed by atoms with E-state index in [1.165, 1.54) is 0 Å². The molecule has 0 radical (unpaired) electrons. The summed E-state index contributed by atoms with van der Waals surface area (Å²) in [5, 5.41) is 9.43. The number of esters is 1. The van der Waals surface area contributed by atoms with Gasteiger partial charge in [0.25, 0.3) is 0 Å². The van der Waals surface area contributed by atoms with Gasteiger partial charge in [-0.05, 0) is 59.3 Å². The molecular formula is C21H36O5. The van der Waals surface area contributed by atoms with Gasteiger partial charge in [0, 0.05) is 12.3 Å². The van der Waals surface area contributed by atoms with E-state index in [4.69, 9.17) is 4.74 Å². The number of carboxylic acid groups (broad SMARTS) is 1. The maximum Gasteiger partial charge on any atom is 0.312 e. The van der Waals surface area contributed by atoms with Gasteiger partial charge in [-0.25, -0.2) is 0 Å². The van der Waals surface area contributed by atoms with Gasteiger partial charge in [-0.1, -0.05) is 27.2 Å². The van der Waals surface area contributed by atoms with Crippen LogP contribution in [0.1, 0.15) is 87.0 Å². The van der Waals surface area contributed by atoms with Crippen LogP contribution in [0.2, 0.25) is 0 Å². The molecule has 1 fully saturated rings. The molecule has 4 unspecified atom stereocenters. The minimum atomic E-state index is -1.11. The van der Waals surface area contributed by atoms with Crippen molar-refractivity contribution in [1.29, 1.82) is 0 Å². The topological polar surface area (TPSA) is 80.7 Å². The molecule has 1 rings (SSSR count). The number of hydrogen-bond donors (Lipinski definition) is 1. The second-order valence-electron chi connectivity index (χ2n) is 9.02. The molecule has 5 heteroatoms. The van der Waals surface area contributed by atoms with E-state index in [0.717, 1.165) is 19.3 Å².